The Labute approximate surface area is 164 Å². The predicted octanol–water partition coefficient (Wildman–Crippen LogP) is 3.60. The second-order valence-corrected chi connectivity index (χ2v) is 7.82. The second-order valence-electron chi connectivity index (χ2n) is 7.82. The summed E-state index contributed by atoms with van der Waals surface area (Å²) in [5, 5.41) is 13.1. The van der Waals surface area contributed by atoms with E-state index in [0.717, 1.165) is 24.8 Å². The third kappa shape index (κ3) is 5.22. The fourth-order valence-electron chi connectivity index (χ4n) is 3.04. The van der Waals surface area contributed by atoms with Crippen LogP contribution in [0.2, 0.25) is 0 Å². The van der Waals surface area contributed by atoms with Gasteiger partial charge in [-0.2, -0.15) is 4.98 Å². The minimum atomic E-state index is -0.555. The Hall–Kier alpha value is -2.61. The Bertz CT molecular complexity index is 782. The molecular weight excluding hydrogens is 362 g/mol. The van der Waals surface area contributed by atoms with Crippen molar-refractivity contribution < 1.29 is 23.9 Å². The average Bonchev–Trinajstić information content (AvgIpc) is 3.14. The average molecular weight is 389 g/mol. The molecule has 2 heterocycles. The molecule has 1 atom stereocenters. The van der Waals surface area contributed by atoms with Crippen molar-refractivity contribution in [3.8, 4) is 5.75 Å². The van der Waals surface area contributed by atoms with E-state index >= 15 is 0 Å². The zero-order valence-electron chi connectivity index (χ0n) is 16.6. The van der Waals surface area contributed by atoms with Crippen LogP contribution in [0.4, 0.5) is 4.79 Å². The summed E-state index contributed by atoms with van der Waals surface area (Å²) in [5.74, 6) is 1.46. The molecule has 1 unspecified atom stereocenters. The molecule has 1 aliphatic rings. The van der Waals surface area contributed by atoms with E-state index in [2.05, 4.69) is 10.1 Å². The maximum Gasteiger partial charge on any atom is 0.410 e. The van der Waals surface area contributed by atoms with Crippen LogP contribution >= 0.6 is 0 Å². The number of carbonyl (C=O) groups is 1. The van der Waals surface area contributed by atoms with Gasteiger partial charge >= 0.3 is 6.09 Å². The molecule has 0 spiro atoms. The van der Waals surface area contributed by atoms with Crippen LogP contribution in [0.3, 0.4) is 0 Å². The number of hydrogen-bond donors (Lipinski definition) is 1. The van der Waals surface area contributed by atoms with Gasteiger partial charge in [-0.15, -0.1) is 0 Å². The van der Waals surface area contributed by atoms with Gasteiger partial charge in [0.2, 0.25) is 0 Å². The van der Waals surface area contributed by atoms with E-state index in [4.69, 9.17) is 19.1 Å². The van der Waals surface area contributed by atoms with Gasteiger partial charge in [0.15, 0.2) is 12.4 Å². The van der Waals surface area contributed by atoms with Crippen molar-refractivity contribution in [2.75, 3.05) is 6.54 Å². The molecule has 2 aromatic rings. The maximum absolute atomic E-state index is 12.5. The van der Waals surface area contributed by atoms with E-state index < -0.39 is 5.60 Å². The number of benzene rings is 1. The summed E-state index contributed by atoms with van der Waals surface area (Å²) in [6, 6.07) is 6.86. The number of ether oxygens (including phenoxy) is 2. The number of aliphatic hydroxyl groups is 1. The van der Waals surface area contributed by atoms with Crippen molar-refractivity contribution in [2.45, 2.75) is 64.9 Å². The molecule has 1 aromatic heterocycles. The molecule has 8 nitrogen and oxygen atoms in total. The molecule has 0 bridgehead atoms. The van der Waals surface area contributed by atoms with E-state index in [0.29, 0.717) is 24.0 Å². The molecule has 0 aliphatic carbocycles. The second kappa shape index (κ2) is 8.60. The van der Waals surface area contributed by atoms with Gasteiger partial charge in [0.1, 0.15) is 11.4 Å². The number of piperidine rings is 1. The van der Waals surface area contributed by atoms with E-state index in [1.165, 1.54) is 0 Å². The Kier molecular flexibility index (Phi) is 6.18. The highest BCUT2D eigenvalue weighted by Gasteiger charge is 2.34. The number of carbonyl (C=O) groups excluding carboxylic acids is 1. The van der Waals surface area contributed by atoms with Crippen LogP contribution in [0.5, 0.6) is 5.75 Å². The lowest BCUT2D eigenvalue weighted by Gasteiger charge is -2.35. The van der Waals surface area contributed by atoms with Gasteiger partial charge < -0.3 is 19.1 Å². The highest BCUT2D eigenvalue weighted by molar-refractivity contribution is 5.68. The van der Waals surface area contributed by atoms with Crippen LogP contribution in [-0.2, 0) is 18.0 Å². The summed E-state index contributed by atoms with van der Waals surface area (Å²) in [7, 11) is 0. The van der Waals surface area contributed by atoms with Crippen molar-refractivity contribution in [3.63, 3.8) is 0 Å². The summed E-state index contributed by atoms with van der Waals surface area (Å²) < 4.78 is 16.5. The number of hydrogen-bond acceptors (Lipinski definition) is 7. The van der Waals surface area contributed by atoms with Crippen LogP contribution in [0, 0.1) is 0 Å². The largest absolute Gasteiger partial charge is 0.484 e. The molecule has 28 heavy (non-hydrogen) atoms. The van der Waals surface area contributed by atoms with Crippen LogP contribution in [0.25, 0.3) is 0 Å². The Morgan fingerprint density at radius 3 is 2.71 bits per heavy atom. The Balaban J connectivity index is 1.64. The van der Waals surface area contributed by atoms with Gasteiger partial charge in [0.05, 0.1) is 12.6 Å². The number of amides is 1. The highest BCUT2D eigenvalue weighted by Crippen LogP contribution is 2.30. The molecular formula is C20H27N3O5. The number of nitrogens with zero attached hydrogens (tertiary/aromatic N) is 3. The van der Waals surface area contributed by atoms with Crippen LogP contribution in [0.1, 0.15) is 63.4 Å². The first-order chi connectivity index (χ1) is 13.4. The third-order valence-electron chi connectivity index (χ3n) is 4.38. The molecule has 1 fully saturated rings. The number of likely N-dealkylation sites (tertiary alicyclic amines) is 1. The molecule has 0 saturated carbocycles. The zero-order chi connectivity index (χ0) is 20.1. The van der Waals surface area contributed by atoms with E-state index in [9.17, 15) is 4.79 Å². The Morgan fingerprint density at radius 2 is 2.04 bits per heavy atom. The SMILES string of the molecule is CC(C)(C)OC(=O)N1CCCCC1c1noc(COc2ccc(CO)cc2)n1. The summed E-state index contributed by atoms with van der Waals surface area (Å²) in [6.07, 6.45) is 2.32. The molecule has 0 radical (unpaired) electrons. The van der Waals surface area contributed by atoms with Crippen molar-refractivity contribution in [1.82, 2.24) is 15.0 Å². The van der Waals surface area contributed by atoms with Crippen LogP contribution in [-0.4, -0.2) is 38.4 Å². The van der Waals surface area contributed by atoms with E-state index in [1.54, 1.807) is 29.2 Å². The number of aliphatic hydroxyl groups excluding tert-OH is 1. The van der Waals surface area contributed by atoms with Crippen molar-refractivity contribution in [1.29, 1.82) is 0 Å². The number of aromatic nitrogens is 2. The van der Waals surface area contributed by atoms with Gasteiger partial charge in [-0.1, -0.05) is 17.3 Å². The molecule has 1 saturated heterocycles. The maximum atomic E-state index is 12.5. The number of rotatable bonds is 5. The van der Waals surface area contributed by atoms with Crippen molar-refractivity contribution in [2.24, 2.45) is 0 Å². The molecule has 8 heteroatoms. The summed E-state index contributed by atoms with van der Waals surface area (Å²) >= 11 is 0. The molecule has 1 aliphatic heterocycles. The van der Waals surface area contributed by atoms with Gasteiger partial charge in [-0.25, -0.2) is 4.79 Å². The zero-order valence-corrected chi connectivity index (χ0v) is 16.6. The van der Waals surface area contributed by atoms with Crippen molar-refractivity contribution >= 4 is 6.09 Å². The lowest BCUT2D eigenvalue weighted by molar-refractivity contribution is 0.00821. The summed E-state index contributed by atoms with van der Waals surface area (Å²) in [5.41, 5.74) is 0.257. The first-order valence-corrected chi connectivity index (χ1v) is 9.50. The van der Waals surface area contributed by atoms with E-state index in [1.807, 2.05) is 20.8 Å². The molecule has 3 rings (SSSR count). The standard InChI is InChI=1S/C20H27N3O5/c1-20(2,3)27-19(25)23-11-5-4-6-16(23)18-21-17(28-22-18)13-26-15-9-7-14(12-24)8-10-15/h7-10,16,24H,4-6,11-13H2,1-3H3. The minimum Gasteiger partial charge on any atom is -0.484 e. The lowest BCUT2D eigenvalue weighted by Crippen LogP contribution is -2.42. The highest BCUT2D eigenvalue weighted by atomic mass is 16.6. The molecule has 152 valence electrons. The van der Waals surface area contributed by atoms with Crippen LogP contribution < -0.4 is 4.74 Å². The fraction of sp³-hybridized carbons (Fsp3) is 0.550. The molecule has 1 N–H and O–H groups in total. The fourth-order valence-corrected chi connectivity index (χ4v) is 3.04. The quantitative estimate of drug-likeness (QED) is 0.834. The van der Waals surface area contributed by atoms with Crippen LogP contribution in [0.15, 0.2) is 28.8 Å². The molecule has 1 amide bonds. The third-order valence-corrected chi connectivity index (χ3v) is 4.38. The monoisotopic (exact) mass is 389 g/mol. The predicted molar refractivity (Wildman–Crippen MR) is 101 cm³/mol. The summed E-state index contributed by atoms with van der Waals surface area (Å²) in [6.45, 7) is 6.27. The topological polar surface area (TPSA) is 97.9 Å². The lowest BCUT2D eigenvalue weighted by atomic mass is 10.0. The first kappa shape index (κ1) is 20.1. The van der Waals surface area contributed by atoms with E-state index in [-0.39, 0.29) is 25.3 Å². The van der Waals surface area contributed by atoms with Gasteiger partial charge in [-0.05, 0) is 57.7 Å². The normalized spacial score (nSPS) is 17.4. The van der Waals surface area contributed by atoms with Gasteiger partial charge in [-0.3, -0.25) is 4.90 Å². The summed E-state index contributed by atoms with van der Waals surface area (Å²) in [4.78, 5) is 18.6. The minimum absolute atomic E-state index is 0.0111. The van der Waals surface area contributed by atoms with Crippen molar-refractivity contribution in [3.05, 3.63) is 41.5 Å². The first-order valence-electron chi connectivity index (χ1n) is 9.50. The smallest absolute Gasteiger partial charge is 0.410 e. The van der Waals surface area contributed by atoms with Gasteiger partial charge in [0.25, 0.3) is 5.89 Å². The van der Waals surface area contributed by atoms with Gasteiger partial charge in [0, 0.05) is 6.54 Å². The molecule has 1 aromatic carbocycles. The Morgan fingerprint density at radius 1 is 1.29 bits per heavy atom.